The van der Waals surface area contributed by atoms with Crippen LogP contribution >= 0.6 is 0 Å². The van der Waals surface area contributed by atoms with Crippen molar-refractivity contribution in [2.24, 2.45) is 0 Å². The first kappa shape index (κ1) is 15.5. The minimum atomic E-state index is 1.10. The van der Waals surface area contributed by atoms with Crippen LogP contribution in [0, 0.1) is 0 Å². The maximum absolute atomic E-state index is 3.93. The average Bonchev–Trinajstić information content (AvgIpc) is 2.30. The zero-order valence-corrected chi connectivity index (χ0v) is 11.8. The fourth-order valence-corrected chi connectivity index (χ4v) is 1.55. The van der Waals surface area contributed by atoms with Crippen LogP contribution in [0.1, 0.15) is 20.8 Å². The topological polar surface area (TPSA) is 9.72 Å². The van der Waals surface area contributed by atoms with Crippen LogP contribution in [0.5, 0.6) is 0 Å². The third kappa shape index (κ3) is 6.13. The van der Waals surface area contributed by atoms with Crippen molar-refractivity contribution in [2.45, 2.75) is 20.8 Å². The third-order valence-corrected chi connectivity index (χ3v) is 3.00. The van der Waals surface area contributed by atoms with Gasteiger partial charge in [0.15, 0.2) is 0 Å². The van der Waals surface area contributed by atoms with Crippen molar-refractivity contribution in [2.75, 3.05) is 53.4 Å². The van der Waals surface area contributed by atoms with Crippen molar-refractivity contribution < 1.29 is 0 Å². The van der Waals surface area contributed by atoms with E-state index in [1.165, 1.54) is 26.2 Å². The maximum Gasteiger partial charge on any atom is 0.0299 e. The predicted molar refractivity (Wildman–Crippen MR) is 72.7 cm³/mol. The second-order valence-electron chi connectivity index (χ2n) is 4.30. The molecule has 0 aromatic rings. The van der Waals surface area contributed by atoms with E-state index in [2.05, 4.69) is 42.3 Å². The molecule has 1 rings (SSSR count). The van der Waals surface area contributed by atoms with Crippen LogP contribution in [-0.4, -0.2) is 68.1 Å². The van der Waals surface area contributed by atoms with Gasteiger partial charge in [-0.1, -0.05) is 20.4 Å². The zero-order chi connectivity index (χ0) is 12.6. The lowest BCUT2D eigenvalue weighted by atomic mass is 10.3. The number of nitrogens with zero attached hydrogens (tertiary/aromatic N) is 3. The molecular weight excluding hydrogens is 198 g/mol. The summed E-state index contributed by atoms with van der Waals surface area (Å²) in [5.74, 6) is 0. The first-order valence-corrected chi connectivity index (χ1v) is 6.37. The van der Waals surface area contributed by atoms with Crippen LogP contribution < -0.4 is 0 Å². The predicted octanol–water partition coefficient (Wildman–Crippen LogP) is 1.73. The highest BCUT2D eigenvalue weighted by atomic mass is 15.3. The monoisotopic (exact) mass is 227 g/mol. The van der Waals surface area contributed by atoms with E-state index in [0.29, 0.717) is 0 Å². The second-order valence-corrected chi connectivity index (χ2v) is 4.30. The van der Waals surface area contributed by atoms with Gasteiger partial charge in [0.25, 0.3) is 0 Å². The molecule has 1 aliphatic rings. The van der Waals surface area contributed by atoms with Crippen molar-refractivity contribution >= 4 is 0 Å². The van der Waals surface area contributed by atoms with E-state index < -0.39 is 0 Å². The van der Waals surface area contributed by atoms with Crippen molar-refractivity contribution in [1.82, 2.24) is 14.7 Å². The maximum atomic E-state index is 3.93. The van der Waals surface area contributed by atoms with Gasteiger partial charge in [-0.2, -0.15) is 0 Å². The molecular formula is C13H29N3. The fraction of sp³-hybridized carbons (Fsp3) is 0.846. The summed E-state index contributed by atoms with van der Waals surface area (Å²) in [6.45, 7) is 17.1. The Kier molecular flexibility index (Phi) is 8.30. The summed E-state index contributed by atoms with van der Waals surface area (Å²) in [6, 6.07) is 0. The van der Waals surface area contributed by atoms with Crippen LogP contribution in [0.25, 0.3) is 0 Å². The van der Waals surface area contributed by atoms with Gasteiger partial charge in [-0.15, -0.1) is 0 Å². The molecule has 3 heteroatoms. The van der Waals surface area contributed by atoms with Crippen LogP contribution in [-0.2, 0) is 0 Å². The van der Waals surface area contributed by atoms with E-state index >= 15 is 0 Å². The summed E-state index contributed by atoms with van der Waals surface area (Å²) in [6.07, 6.45) is 0. The number of allylic oxidation sites excluding steroid dienone is 1. The van der Waals surface area contributed by atoms with Crippen molar-refractivity contribution in [3.05, 3.63) is 12.3 Å². The molecule has 0 N–H and O–H groups in total. The number of piperazine rings is 1. The molecule has 1 aliphatic heterocycles. The first-order chi connectivity index (χ1) is 7.59. The van der Waals surface area contributed by atoms with E-state index in [0.717, 1.165) is 18.8 Å². The van der Waals surface area contributed by atoms with Gasteiger partial charge >= 0.3 is 0 Å². The summed E-state index contributed by atoms with van der Waals surface area (Å²) >= 11 is 0. The zero-order valence-electron chi connectivity index (χ0n) is 11.8. The molecule has 1 heterocycles. The summed E-state index contributed by atoms with van der Waals surface area (Å²) < 4.78 is 0. The summed E-state index contributed by atoms with van der Waals surface area (Å²) in [7, 11) is 4.30. The Balaban J connectivity index is 0.00000106. The summed E-state index contributed by atoms with van der Waals surface area (Å²) in [4.78, 5) is 7.14. The van der Waals surface area contributed by atoms with E-state index in [-0.39, 0.29) is 0 Å². The highest BCUT2D eigenvalue weighted by molar-refractivity contribution is 4.86. The Hall–Kier alpha value is -0.540. The fourth-order valence-electron chi connectivity index (χ4n) is 1.55. The van der Waals surface area contributed by atoms with Gasteiger partial charge in [0.2, 0.25) is 0 Å². The lowest BCUT2D eigenvalue weighted by molar-refractivity contribution is 0.145. The molecule has 0 radical (unpaired) electrons. The van der Waals surface area contributed by atoms with Gasteiger partial charge in [0, 0.05) is 52.0 Å². The molecule has 0 spiro atoms. The molecule has 0 atom stereocenters. The minimum Gasteiger partial charge on any atom is -0.377 e. The van der Waals surface area contributed by atoms with Crippen LogP contribution in [0.15, 0.2) is 12.3 Å². The molecule has 0 unspecified atom stereocenters. The average molecular weight is 227 g/mol. The van der Waals surface area contributed by atoms with Crippen LogP contribution in [0.2, 0.25) is 0 Å². The molecule has 3 nitrogen and oxygen atoms in total. The van der Waals surface area contributed by atoms with Crippen molar-refractivity contribution in [1.29, 1.82) is 0 Å². The molecule has 0 saturated carbocycles. The van der Waals surface area contributed by atoms with E-state index in [4.69, 9.17) is 0 Å². The number of hydrogen-bond acceptors (Lipinski definition) is 3. The van der Waals surface area contributed by atoms with Gasteiger partial charge in [-0.3, -0.25) is 4.90 Å². The van der Waals surface area contributed by atoms with Crippen molar-refractivity contribution in [3.8, 4) is 0 Å². The molecule has 96 valence electrons. The first-order valence-electron chi connectivity index (χ1n) is 6.37. The molecule has 0 amide bonds. The minimum absolute atomic E-state index is 1.10. The van der Waals surface area contributed by atoms with Gasteiger partial charge < -0.3 is 9.80 Å². The van der Waals surface area contributed by atoms with E-state index in [1.807, 2.05) is 13.8 Å². The van der Waals surface area contributed by atoms with Gasteiger partial charge in [-0.25, -0.2) is 0 Å². The van der Waals surface area contributed by atoms with Crippen molar-refractivity contribution in [3.63, 3.8) is 0 Å². The Morgan fingerprint density at radius 3 is 2.12 bits per heavy atom. The lowest BCUT2D eigenvalue weighted by Gasteiger charge is -2.33. The van der Waals surface area contributed by atoms with Crippen LogP contribution in [0.4, 0.5) is 0 Å². The molecule has 0 aromatic heterocycles. The summed E-state index contributed by atoms with van der Waals surface area (Å²) in [5, 5.41) is 0. The SMILES string of the molecule is C=C(C)N(C)CCN1CCN(C)CC1.CC. The van der Waals surface area contributed by atoms with E-state index in [1.54, 1.807) is 0 Å². The standard InChI is InChI=1S/C11H23N3.C2H6/c1-11(2)13(4)7-10-14-8-5-12(3)6-9-14;1-2/h1,5-10H2,2-4H3;1-2H3. The summed E-state index contributed by atoms with van der Waals surface area (Å²) in [5.41, 5.74) is 1.15. The Labute approximate surface area is 102 Å². The smallest absolute Gasteiger partial charge is 0.0299 e. The Morgan fingerprint density at radius 2 is 1.69 bits per heavy atom. The molecule has 0 aliphatic carbocycles. The van der Waals surface area contributed by atoms with Crippen LogP contribution in [0.3, 0.4) is 0 Å². The number of rotatable bonds is 4. The normalized spacial score (nSPS) is 17.6. The van der Waals surface area contributed by atoms with Gasteiger partial charge in [0.1, 0.15) is 0 Å². The highest BCUT2D eigenvalue weighted by Crippen LogP contribution is 2.01. The van der Waals surface area contributed by atoms with Gasteiger partial charge in [0.05, 0.1) is 0 Å². The largest absolute Gasteiger partial charge is 0.377 e. The molecule has 16 heavy (non-hydrogen) atoms. The molecule has 0 bridgehead atoms. The lowest BCUT2D eigenvalue weighted by Crippen LogP contribution is -2.46. The molecule has 1 saturated heterocycles. The number of likely N-dealkylation sites (N-methyl/N-ethyl adjacent to an activating group) is 2. The Bertz CT molecular complexity index is 184. The van der Waals surface area contributed by atoms with Gasteiger partial charge in [-0.05, 0) is 14.0 Å². The third-order valence-electron chi connectivity index (χ3n) is 3.00. The molecule has 1 fully saturated rings. The quantitative estimate of drug-likeness (QED) is 0.724. The number of hydrogen-bond donors (Lipinski definition) is 0. The van der Waals surface area contributed by atoms with E-state index in [9.17, 15) is 0 Å². The highest BCUT2D eigenvalue weighted by Gasteiger charge is 2.13. The molecule has 0 aromatic carbocycles. The Morgan fingerprint density at radius 1 is 1.19 bits per heavy atom. The second kappa shape index (κ2) is 8.59.